The molecule has 0 aliphatic rings. The smallest absolute Gasteiger partial charge is 0.258 e. The summed E-state index contributed by atoms with van der Waals surface area (Å²) in [5, 5.41) is 7.16. The fraction of sp³-hybridized carbons (Fsp3) is 0.200. The van der Waals surface area contributed by atoms with Crippen LogP contribution in [0.5, 0.6) is 0 Å². The topological polar surface area (TPSA) is 84.3 Å². The van der Waals surface area contributed by atoms with Crippen molar-refractivity contribution in [2.24, 2.45) is 0 Å². The lowest BCUT2D eigenvalue weighted by atomic mass is 10.1. The minimum atomic E-state index is -3.69. The van der Waals surface area contributed by atoms with Crippen LogP contribution >= 0.6 is 11.6 Å². The highest BCUT2D eigenvalue weighted by Crippen LogP contribution is 2.23. The second-order valence-corrected chi connectivity index (χ2v) is 9.30. The Labute approximate surface area is 175 Å². The van der Waals surface area contributed by atoms with Crippen molar-refractivity contribution in [2.45, 2.75) is 18.4 Å². The quantitative estimate of drug-likeness (QED) is 0.647. The summed E-state index contributed by atoms with van der Waals surface area (Å²) in [5.41, 5.74) is 2.26. The standard InChI is InChI=1S/C20H21ClN4O3S/c1-14-4-6-15(7-5-14)13-25-19(10-11-22-25)23-20(26)17-12-16(8-9-18(17)21)29(27,28)24(2)3/h4-12H,13H2,1-3H3,(H,23,26). The number of aromatic nitrogens is 2. The van der Waals surface area contributed by atoms with E-state index >= 15 is 0 Å². The highest BCUT2D eigenvalue weighted by molar-refractivity contribution is 7.89. The first kappa shape index (κ1) is 21.0. The molecule has 1 aromatic heterocycles. The van der Waals surface area contributed by atoms with E-state index in [1.165, 1.54) is 32.3 Å². The Balaban J connectivity index is 1.85. The summed E-state index contributed by atoms with van der Waals surface area (Å²) in [6.07, 6.45) is 1.58. The summed E-state index contributed by atoms with van der Waals surface area (Å²) in [6, 6.07) is 13.7. The van der Waals surface area contributed by atoms with Gasteiger partial charge in [-0.2, -0.15) is 5.10 Å². The van der Waals surface area contributed by atoms with E-state index < -0.39 is 15.9 Å². The van der Waals surface area contributed by atoms with E-state index in [2.05, 4.69) is 10.4 Å². The Morgan fingerprint density at radius 2 is 1.83 bits per heavy atom. The van der Waals surface area contributed by atoms with E-state index in [-0.39, 0.29) is 15.5 Å². The van der Waals surface area contributed by atoms with E-state index in [0.717, 1.165) is 15.4 Å². The number of nitrogens with zero attached hydrogens (tertiary/aromatic N) is 3. The molecule has 0 atom stereocenters. The van der Waals surface area contributed by atoms with Crippen LogP contribution in [-0.2, 0) is 16.6 Å². The number of halogens is 1. The fourth-order valence-electron chi connectivity index (χ4n) is 2.66. The number of nitrogens with one attached hydrogen (secondary N) is 1. The number of amides is 1. The summed E-state index contributed by atoms with van der Waals surface area (Å²) in [4.78, 5) is 12.8. The van der Waals surface area contributed by atoms with Crippen LogP contribution in [0.2, 0.25) is 5.02 Å². The van der Waals surface area contributed by atoms with Crippen LogP contribution in [0, 0.1) is 6.92 Å². The SMILES string of the molecule is Cc1ccc(Cn2nccc2NC(=O)c2cc(S(=O)(=O)N(C)C)ccc2Cl)cc1. The second-order valence-electron chi connectivity index (χ2n) is 6.74. The molecule has 1 heterocycles. The Bertz CT molecular complexity index is 1140. The molecular weight excluding hydrogens is 412 g/mol. The first-order valence-electron chi connectivity index (χ1n) is 8.79. The predicted molar refractivity (Wildman–Crippen MR) is 113 cm³/mol. The maximum Gasteiger partial charge on any atom is 0.258 e. The molecule has 3 rings (SSSR count). The van der Waals surface area contributed by atoms with Crippen molar-refractivity contribution in [2.75, 3.05) is 19.4 Å². The number of rotatable bonds is 6. The van der Waals surface area contributed by atoms with Gasteiger partial charge in [-0.25, -0.2) is 17.4 Å². The zero-order valence-corrected chi connectivity index (χ0v) is 17.8. The molecule has 0 spiro atoms. The van der Waals surface area contributed by atoms with E-state index in [9.17, 15) is 13.2 Å². The minimum Gasteiger partial charge on any atom is -0.307 e. The van der Waals surface area contributed by atoms with Crippen molar-refractivity contribution in [3.8, 4) is 0 Å². The molecule has 152 valence electrons. The van der Waals surface area contributed by atoms with Crippen molar-refractivity contribution in [1.82, 2.24) is 14.1 Å². The number of aryl methyl sites for hydroxylation is 1. The van der Waals surface area contributed by atoms with Crippen molar-refractivity contribution in [1.29, 1.82) is 0 Å². The van der Waals surface area contributed by atoms with Gasteiger partial charge in [0.15, 0.2) is 0 Å². The average molecular weight is 433 g/mol. The number of benzene rings is 2. The number of carbonyl (C=O) groups excluding carboxylic acids is 1. The summed E-state index contributed by atoms with van der Waals surface area (Å²) >= 11 is 6.15. The second kappa shape index (κ2) is 8.36. The monoisotopic (exact) mass is 432 g/mol. The van der Waals surface area contributed by atoms with Gasteiger partial charge in [0.2, 0.25) is 10.0 Å². The molecule has 0 saturated carbocycles. The maximum absolute atomic E-state index is 12.8. The molecule has 3 aromatic rings. The Hall–Kier alpha value is -2.68. The maximum atomic E-state index is 12.8. The van der Waals surface area contributed by atoms with Gasteiger partial charge in [0.05, 0.1) is 28.2 Å². The van der Waals surface area contributed by atoms with E-state index in [1.54, 1.807) is 16.9 Å². The normalized spacial score (nSPS) is 11.6. The van der Waals surface area contributed by atoms with Gasteiger partial charge in [-0.1, -0.05) is 41.4 Å². The Morgan fingerprint density at radius 3 is 2.48 bits per heavy atom. The number of sulfonamides is 1. The fourth-order valence-corrected chi connectivity index (χ4v) is 3.80. The molecule has 9 heteroatoms. The molecule has 0 fully saturated rings. The Morgan fingerprint density at radius 1 is 1.14 bits per heavy atom. The molecular formula is C20H21ClN4O3S. The van der Waals surface area contributed by atoms with Gasteiger partial charge in [0.1, 0.15) is 5.82 Å². The largest absolute Gasteiger partial charge is 0.307 e. The molecule has 1 amide bonds. The number of hydrogen-bond donors (Lipinski definition) is 1. The first-order chi connectivity index (χ1) is 13.7. The highest BCUT2D eigenvalue weighted by Gasteiger charge is 2.21. The van der Waals surface area contributed by atoms with Gasteiger partial charge in [-0.3, -0.25) is 4.79 Å². The van der Waals surface area contributed by atoms with Gasteiger partial charge in [0.25, 0.3) is 5.91 Å². The summed E-state index contributed by atoms with van der Waals surface area (Å²) < 4.78 is 27.4. The zero-order valence-electron chi connectivity index (χ0n) is 16.3. The first-order valence-corrected chi connectivity index (χ1v) is 10.6. The number of hydrogen-bond acceptors (Lipinski definition) is 4. The third-order valence-corrected chi connectivity index (χ3v) is 6.51. The number of anilines is 1. The third kappa shape index (κ3) is 4.67. The summed E-state index contributed by atoms with van der Waals surface area (Å²) in [5.74, 6) is -0.0380. The zero-order chi connectivity index (χ0) is 21.2. The van der Waals surface area contributed by atoms with Crippen molar-refractivity contribution >= 4 is 33.3 Å². The van der Waals surface area contributed by atoms with Crippen molar-refractivity contribution in [3.05, 3.63) is 76.4 Å². The molecule has 0 unspecified atom stereocenters. The minimum absolute atomic E-state index is 0.00906. The van der Waals surface area contributed by atoms with Crippen LogP contribution in [0.4, 0.5) is 5.82 Å². The lowest BCUT2D eigenvalue weighted by Crippen LogP contribution is -2.23. The lowest BCUT2D eigenvalue weighted by molar-refractivity contribution is 0.102. The van der Waals surface area contributed by atoms with Gasteiger partial charge in [-0.05, 0) is 30.7 Å². The lowest BCUT2D eigenvalue weighted by Gasteiger charge is -2.14. The van der Waals surface area contributed by atoms with Crippen LogP contribution in [-0.4, -0.2) is 42.5 Å². The summed E-state index contributed by atoms with van der Waals surface area (Å²) in [6.45, 7) is 2.49. The van der Waals surface area contributed by atoms with E-state index in [0.29, 0.717) is 12.4 Å². The third-order valence-electron chi connectivity index (χ3n) is 4.37. The Kier molecular flexibility index (Phi) is 6.07. The van der Waals surface area contributed by atoms with E-state index in [4.69, 9.17) is 11.6 Å². The van der Waals surface area contributed by atoms with Crippen LogP contribution in [0.15, 0.2) is 59.6 Å². The molecule has 2 aromatic carbocycles. The molecule has 0 saturated heterocycles. The van der Waals surface area contributed by atoms with Gasteiger partial charge in [-0.15, -0.1) is 0 Å². The van der Waals surface area contributed by atoms with Crippen LogP contribution in [0.1, 0.15) is 21.5 Å². The van der Waals surface area contributed by atoms with E-state index in [1.807, 2.05) is 31.2 Å². The summed E-state index contributed by atoms with van der Waals surface area (Å²) in [7, 11) is -0.839. The average Bonchev–Trinajstić information content (AvgIpc) is 3.10. The van der Waals surface area contributed by atoms with Gasteiger partial charge < -0.3 is 5.32 Å². The molecule has 29 heavy (non-hydrogen) atoms. The van der Waals surface area contributed by atoms with Crippen LogP contribution < -0.4 is 5.32 Å². The van der Waals surface area contributed by atoms with Crippen molar-refractivity contribution in [3.63, 3.8) is 0 Å². The van der Waals surface area contributed by atoms with Crippen LogP contribution in [0.25, 0.3) is 0 Å². The molecule has 0 aliphatic heterocycles. The number of carbonyl (C=O) groups is 1. The molecule has 0 radical (unpaired) electrons. The molecule has 0 aliphatic carbocycles. The predicted octanol–water partition coefficient (Wildman–Crippen LogP) is 3.40. The molecule has 1 N–H and O–H groups in total. The molecule has 0 bridgehead atoms. The van der Waals surface area contributed by atoms with Gasteiger partial charge in [0, 0.05) is 20.2 Å². The highest BCUT2D eigenvalue weighted by atomic mass is 35.5. The molecule has 7 nitrogen and oxygen atoms in total. The van der Waals surface area contributed by atoms with Crippen LogP contribution in [0.3, 0.4) is 0 Å². The van der Waals surface area contributed by atoms with Gasteiger partial charge >= 0.3 is 0 Å². The van der Waals surface area contributed by atoms with Crippen molar-refractivity contribution < 1.29 is 13.2 Å².